The third-order valence-corrected chi connectivity index (χ3v) is 6.30. The van der Waals surface area contributed by atoms with Gasteiger partial charge in [0, 0.05) is 25.2 Å². The Labute approximate surface area is 119 Å². The Morgan fingerprint density at radius 1 is 1.26 bits per heavy atom. The van der Waals surface area contributed by atoms with Crippen molar-refractivity contribution in [1.82, 2.24) is 9.62 Å². The molecule has 1 N–H and O–H groups in total. The molecule has 0 aromatic heterocycles. The molecule has 4 nitrogen and oxygen atoms in total. The molecule has 0 aromatic rings. The van der Waals surface area contributed by atoms with Gasteiger partial charge in [-0.15, -0.1) is 0 Å². The fraction of sp³-hybridized carbons (Fsp3) is 1.00. The molecule has 0 aromatic carbocycles. The van der Waals surface area contributed by atoms with Gasteiger partial charge in [0.2, 0.25) is 10.0 Å². The first-order chi connectivity index (χ1) is 8.93. The highest BCUT2D eigenvalue weighted by Gasteiger charge is 2.32. The van der Waals surface area contributed by atoms with E-state index < -0.39 is 10.0 Å². The fourth-order valence-electron chi connectivity index (χ4n) is 2.07. The van der Waals surface area contributed by atoms with Crippen LogP contribution in [0.2, 0.25) is 0 Å². The van der Waals surface area contributed by atoms with Crippen LogP contribution in [-0.2, 0) is 10.0 Å². The molecule has 114 valence electrons. The Hall–Kier alpha value is -0.130. The van der Waals surface area contributed by atoms with Crippen LogP contribution in [0.4, 0.5) is 0 Å². The molecule has 0 saturated heterocycles. The standard InChI is InChI=1S/C14H30N2O2S/c1-5-7-10-16(12(3)6-2)19(17,18)13(4)11-15-14-8-9-14/h12-15H,5-11H2,1-4H3. The number of nitrogens with one attached hydrogen (secondary N) is 1. The van der Waals surface area contributed by atoms with Crippen molar-refractivity contribution in [2.75, 3.05) is 13.1 Å². The molecule has 2 unspecified atom stereocenters. The van der Waals surface area contributed by atoms with Gasteiger partial charge in [0.05, 0.1) is 5.25 Å². The van der Waals surface area contributed by atoms with Crippen LogP contribution in [0, 0.1) is 0 Å². The molecule has 19 heavy (non-hydrogen) atoms. The van der Waals surface area contributed by atoms with Gasteiger partial charge in [-0.1, -0.05) is 20.3 Å². The fourth-order valence-corrected chi connectivity index (χ4v) is 3.88. The van der Waals surface area contributed by atoms with E-state index in [0.717, 1.165) is 19.3 Å². The van der Waals surface area contributed by atoms with Crippen molar-refractivity contribution >= 4 is 10.0 Å². The van der Waals surface area contributed by atoms with E-state index in [0.29, 0.717) is 19.1 Å². The first-order valence-electron chi connectivity index (χ1n) is 7.67. The Morgan fingerprint density at radius 3 is 2.37 bits per heavy atom. The lowest BCUT2D eigenvalue weighted by Gasteiger charge is -2.30. The Balaban J connectivity index is 2.65. The molecule has 5 heteroatoms. The van der Waals surface area contributed by atoms with Crippen LogP contribution in [0.1, 0.15) is 59.8 Å². The summed E-state index contributed by atoms with van der Waals surface area (Å²) in [5.74, 6) is 0. The highest BCUT2D eigenvalue weighted by molar-refractivity contribution is 7.89. The smallest absolute Gasteiger partial charge is 0.218 e. The summed E-state index contributed by atoms with van der Waals surface area (Å²) in [6.07, 6.45) is 5.21. The predicted octanol–water partition coefficient (Wildman–Crippen LogP) is 2.36. The van der Waals surface area contributed by atoms with Crippen molar-refractivity contribution in [3.05, 3.63) is 0 Å². The summed E-state index contributed by atoms with van der Waals surface area (Å²) in [7, 11) is -3.18. The van der Waals surface area contributed by atoms with Crippen molar-refractivity contribution < 1.29 is 8.42 Å². The molecular formula is C14H30N2O2S. The summed E-state index contributed by atoms with van der Waals surface area (Å²) < 4.78 is 27.0. The van der Waals surface area contributed by atoms with E-state index in [2.05, 4.69) is 12.2 Å². The van der Waals surface area contributed by atoms with Crippen molar-refractivity contribution in [3.63, 3.8) is 0 Å². The van der Waals surface area contributed by atoms with Gasteiger partial charge in [-0.05, 0) is 39.5 Å². The number of hydrogen-bond acceptors (Lipinski definition) is 3. The maximum absolute atomic E-state index is 12.7. The summed E-state index contributed by atoms with van der Waals surface area (Å²) in [4.78, 5) is 0. The van der Waals surface area contributed by atoms with Crippen molar-refractivity contribution in [1.29, 1.82) is 0 Å². The third kappa shape index (κ3) is 5.04. The van der Waals surface area contributed by atoms with Gasteiger partial charge in [-0.3, -0.25) is 0 Å². The first-order valence-corrected chi connectivity index (χ1v) is 9.17. The van der Waals surface area contributed by atoms with Crippen LogP contribution >= 0.6 is 0 Å². The molecule has 1 saturated carbocycles. The predicted molar refractivity (Wildman–Crippen MR) is 80.8 cm³/mol. The Bertz CT molecular complexity index is 352. The zero-order chi connectivity index (χ0) is 14.5. The highest BCUT2D eigenvalue weighted by Crippen LogP contribution is 2.20. The minimum absolute atomic E-state index is 0.0972. The summed E-state index contributed by atoms with van der Waals surface area (Å²) in [6, 6.07) is 0.658. The van der Waals surface area contributed by atoms with Crippen LogP contribution in [-0.4, -0.2) is 43.1 Å². The van der Waals surface area contributed by atoms with E-state index in [1.54, 1.807) is 4.31 Å². The normalized spacial score (nSPS) is 19.6. The lowest BCUT2D eigenvalue weighted by atomic mass is 10.2. The molecule has 0 aliphatic heterocycles. The number of hydrogen-bond donors (Lipinski definition) is 1. The lowest BCUT2D eigenvalue weighted by molar-refractivity contribution is 0.320. The maximum Gasteiger partial charge on any atom is 0.218 e. The minimum Gasteiger partial charge on any atom is -0.313 e. The largest absolute Gasteiger partial charge is 0.313 e. The van der Waals surface area contributed by atoms with Gasteiger partial charge >= 0.3 is 0 Å². The third-order valence-electron chi connectivity index (χ3n) is 3.92. The molecule has 0 bridgehead atoms. The quantitative estimate of drug-likeness (QED) is 0.672. The van der Waals surface area contributed by atoms with E-state index in [4.69, 9.17) is 0 Å². The molecular weight excluding hydrogens is 260 g/mol. The van der Waals surface area contributed by atoms with Gasteiger partial charge in [-0.2, -0.15) is 4.31 Å². The summed E-state index contributed by atoms with van der Waals surface area (Å²) in [5, 5.41) is 2.99. The van der Waals surface area contributed by atoms with Crippen LogP contribution in [0.25, 0.3) is 0 Å². The van der Waals surface area contributed by atoms with Crippen molar-refractivity contribution in [2.45, 2.75) is 77.1 Å². The van der Waals surface area contributed by atoms with Crippen LogP contribution in [0.5, 0.6) is 0 Å². The highest BCUT2D eigenvalue weighted by atomic mass is 32.2. The van der Waals surface area contributed by atoms with E-state index in [1.807, 2.05) is 20.8 Å². The molecule has 0 heterocycles. The number of unbranched alkanes of at least 4 members (excludes halogenated alkanes) is 1. The Kier molecular flexibility index (Phi) is 6.77. The van der Waals surface area contributed by atoms with Gasteiger partial charge < -0.3 is 5.32 Å². The number of nitrogens with zero attached hydrogens (tertiary/aromatic N) is 1. The zero-order valence-corrected chi connectivity index (χ0v) is 13.7. The van der Waals surface area contributed by atoms with Crippen LogP contribution in [0.3, 0.4) is 0 Å². The monoisotopic (exact) mass is 290 g/mol. The minimum atomic E-state index is -3.18. The van der Waals surface area contributed by atoms with Crippen molar-refractivity contribution in [3.8, 4) is 0 Å². The van der Waals surface area contributed by atoms with E-state index >= 15 is 0 Å². The molecule has 1 aliphatic carbocycles. The molecule has 2 atom stereocenters. The van der Waals surface area contributed by atoms with Crippen LogP contribution < -0.4 is 5.32 Å². The molecule has 1 aliphatic rings. The van der Waals surface area contributed by atoms with E-state index in [1.165, 1.54) is 12.8 Å². The summed E-state index contributed by atoms with van der Waals surface area (Å²) in [6.45, 7) is 9.21. The first kappa shape index (κ1) is 16.9. The van der Waals surface area contributed by atoms with E-state index in [9.17, 15) is 8.42 Å². The lowest BCUT2D eigenvalue weighted by Crippen LogP contribution is -2.46. The molecule has 0 spiro atoms. The molecule has 1 rings (SSSR count). The second-order valence-electron chi connectivity index (χ2n) is 5.76. The number of sulfonamides is 1. The van der Waals surface area contributed by atoms with Gasteiger partial charge in [0.15, 0.2) is 0 Å². The summed E-state index contributed by atoms with van der Waals surface area (Å²) in [5.41, 5.74) is 0. The topological polar surface area (TPSA) is 49.4 Å². The molecule has 1 fully saturated rings. The van der Waals surface area contributed by atoms with Crippen molar-refractivity contribution in [2.24, 2.45) is 0 Å². The SMILES string of the molecule is CCCCN(C(C)CC)S(=O)(=O)C(C)CNC1CC1. The van der Waals surface area contributed by atoms with Gasteiger partial charge in [0.1, 0.15) is 0 Å². The van der Waals surface area contributed by atoms with Gasteiger partial charge in [0.25, 0.3) is 0 Å². The maximum atomic E-state index is 12.7. The second-order valence-corrected chi connectivity index (χ2v) is 8.06. The molecule has 0 radical (unpaired) electrons. The van der Waals surface area contributed by atoms with Gasteiger partial charge in [-0.25, -0.2) is 8.42 Å². The summed E-state index contributed by atoms with van der Waals surface area (Å²) >= 11 is 0. The molecule has 0 amide bonds. The average molecular weight is 290 g/mol. The van der Waals surface area contributed by atoms with Crippen LogP contribution in [0.15, 0.2) is 0 Å². The zero-order valence-electron chi connectivity index (χ0n) is 12.9. The van der Waals surface area contributed by atoms with E-state index in [-0.39, 0.29) is 11.3 Å². The Morgan fingerprint density at radius 2 is 1.89 bits per heavy atom. The average Bonchev–Trinajstić information content (AvgIpc) is 3.19. The second kappa shape index (κ2) is 7.60. The number of rotatable bonds is 10.